The van der Waals surface area contributed by atoms with E-state index in [1.165, 1.54) is 17.6 Å². The average molecular weight is 561 g/mol. The van der Waals surface area contributed by atoms with Gasteiger partial charge < -0.3 is 7.43 Å². The number of para-hydroxylation sites is 1. The monoisotopic (exact) mass is 560 g/mol. The molecule has 6 rings (SSSR count). The maximum absolute atomic E-state index is 13.8. The van der Waals surface area contributed by atoms with Crippen LogP contribution in [0, 0.1) is 13.8 Å². The molecule has 192 valence electrons. The van der Waals surface area contributed by atoms with Gasteiger partial charge in [0.05, 0.1) is 24.7 Å². The van der Waals surface area contributed by atoms with E-state index in [0.29, 0.717) is 4.90 Å². The first-order chi connectivity index (χ1) is 16.3. The standard InChI is InChI=1S/C24H27NO2SSi.C5H5.CH3.Co/c1-29(2,3)24-19-14-9-10-17(19)16-22-23(24)20-13-7-8-15-21(20)25(22)28(26,27)18-11-5-4-6-12-18;1-2-4-5-3-1;;/h4-8,11-13,15-16,22-23H,9-10,14H2,1-3H3;1-5H;1H3;/q;;-1;/t22?,23-;;;/m0.../s1. The largest absolute Gasteiger partial charge is 0.358 e. The van der Waals surface area contributed by atoms with Crippen molar-refractivity contribution >= 4 is 23.8 Å². The van der Waals surface area contributed by atoms with Gasteiger partial charge in [-0.3, -0.25) is 4.31 Å². The molecule has 0 amide bonds. The second-order valence-electron chi connectivity index (χ2n) is 10.3. The van der Waals surface area contributed by atoms with Gasteiger partial charge in [0.2, 0.25) is 0 Å². The molecular formula is C30H35CoNO2SSi-. The number of allylic oxidation sites excluding steroid dienone is 6. The minimum atomic E-state index is -3.64. The van der Waals surface area contributed by atoms with E-state index in [0.717, 1.165) is 18.5 Å². The number of fused-ring (bicyclic) bond motifs is 4. The van der Waals surface area contributed by atoms with Gasteiger partial charge >= 0.3 is 0 Å². The maximum Gasteiger partial charge on any atom is 0.264 e. The zero-order chi connectivity index (χ0) is 23.9. The predicted molar refractivity (Wildman–Crippen MR) is 150 cm³/mol. The van der Waals surface area contributed by atoms with E-state index >= 15 is 0 Å². The van der Waals surface area contributed by atoms with Crippen LogP contribution >= 0.6 is 0 Å². The summed E-state index contributed by atoms with van der Waals surface area (Å²) in [6, 6.07) is 16.8. The third-order valence-electron chi connectivity index (χ3n) is 7.05. The zero-order valence-electron chi connectivity index (χ0n) is 21.4. The van der Waals surface area contributed by atoms with E-state index < -0.39 is 18.1 Å². The van der Waals surface area contributed by atoms with Crippen LogP contribution in [0.1, 0.15) is 30.7 Å². The van der Waals surface area contributed by atoms with Gasteiger partial charge in [-0.15, -0.1) is 0 Å². The molecule has 4 aliphatic rings. The number of hydrogen-bond donors (Lipinski definition) is 0. The number of rotatable bonds is 3. The fourth-order valence-corrected chi connectivity index (χ4v) is 9.92. The third kappa shape index (κ3) is 5.01. The van der Waals surface area contributed by atoms with Gasteiger partial charge in [0.1, 0.15) is 0 Å². The molecule has 2 atom stereocenters. The second kappa shape index (κ2) is 11.1. The molecule has 1 aliphatic heterocycles. The van der Waals surface area contributed by atoms with Crippen molar-refractivity contribution in [1.82, 2.24) is 0 Å². The van der Waals surface area contributed by atoms with Crippen LogP contribution in [0.3, 0.4) is 0 Å². The van der Waals surface area contributed by atoms with Crippen molar-refractivity contribution in [1.29, 1.82) is 0 Å². The summed E-state index contributed by atoms with van der Waals surface area (Å²) in [7, 11) is -5.29. The van der Waals surface area contributed by atoms with Crippen LogP contribution in [0.2, 0.25) is 19.6 Å². The van der Waals surface area contributed by atoms with E-state index in [2.05, 4.69) is 37.8 Å². The number of anilines is 1. The first-order valence-electron chi connectivity index (χ1n) is 12.1. The normalized spacial score (nSPS) is 21.4. The summed E-state index contributed by atoms with van der Waals surface area (Å²) in [5, 5.41) is 1.57. The third-order valence-corrected chi connectivity index (χ3v) is 11.1. The molecular weight excluding hydrogens is 525 g/mol. The van der Waals surface area contributed by atoms with Gasteiger partial charge in [-0.05, 0) is 54.2 Å². The van der Waals surface area contributed by atoms with Gasteiger partial charge in [-0.2, -0.15) is 0 Å². The van der Waals surface area contributed by atoms with E-state index in [9.17, 15) is 8.42 Å². The average Bonchev–Trinajstić information content (AvgIpc) is 3.58. The SMILES string of the molecule is C[Si](C)(C)C1=C2CCCC2=CC2[C@@H]1c1ccccc1N2S(=O)(=O)c1ccccc1.[CH3-].[CH]1C=CC=C1.[Co]. The molecule has 1 fully saturated rings. The molecule has 0 saturated heterocycles. The Bertz CT molecular complexity index is 1310. The smallest absolute Gasteiger partial charge is 0.264 e. The number of nitrogens with zero attached hydrogens (tertiary/aromatic N) is 1. The summed E-state index contributed by atoms with van der Waals surface area (Å²) in [5.41, 5.74) is 4.95. The van der Waals surface area contributed by atoms with Crippen LogP contribution in [-0.2, 0) is 26.8 Å². The fraction of sp³-hybridized carbons (Fsp3) is 0.267. The van der Waals surface area contributed by atoms with Gasteiger partial charge in [-0.1, -0.05) is 91.6 Å². The predicted octanol–water partition coefficient (Wildman–Crippen LogP) is 7.41. The summed E-state index contributed by atoms with van der Waals surface area (Å²) in [4.78, 5) is 0.365. The van der Waals surface area contributed by atoms with Crippen molar-refractivity contribution in [2.45, 2.75) is 55.8 Å². The molecule has 3 nitrogen and oxygen atoms in total. The fourth-order valence-electron chi connectivity index (χ4n) is 5.81. The molecule has 2 aromatic rings. The van der Waals surface area contributed by atoms with Crippen LogP contribution in [0.25, 0.3) is 0 Å². The number of hydrogen-bond acceptors (Lipinski definition) is 2. The molecule has 6 heteroatoms. The molecule has 1 heterocycles. The summed E-state index contributed by atoms with van der Waals surface area (Å²) in [6.45, 7) is 7.22. The Morgan fingerprint density at radius 1 is 0.861 bits per heavy atom. The summed E-state index contributed by atoms with van der Waals surface area (Å²) in [5.74, 6) is 0.146. The zero-order valence-corrected chi connectivity index (χ0v) is 24.3. The Kier molecular flexibility index (Phi) is 8.76. The van der Waals surface area contributed by atoms with E-state index in [1.54, 1.807) is 39.3 Å². The summed E-state index contributed by atoms with van der Waals surface area (Å²) in [6.07, 6.45) is 15.7. The van der Waals surface area contributed by atoms with Gasteiger partial charge in [-0.25, -0.2) is 8.42 Å². The molecule has 1 unspecified atom stereocenters. The number of sulfonamides is 1. The Morgan fingerprint density at radius 2 is 1.50 bits per heavy atom. The van der Waals surface area contributed by atoms with Gasteiger partial charge in [0, 0.05) is 29.1 Å². The van der Waals surface area contributed by atoms with Crippen molar-refractivity contribution in [3.8, 4) is 0 Å². The van der Waals surface area contributed by atoms with Crippen molar-refractivity contribution in [2.75, 3.05) is 4.31 Å². The van der Waals surface area contributed by atoms with E-state index in [1.807, 2.05) is 48.9 Å². The van der Waals surface area contributed by atoms with Crippen molar-refractivity contribution in [3.63, 3.8) is 0 Å². The van der Waals surface area contributed by atoms with Crippen molar-refractivity contribution in [3.05, 3.63) is 121 Å². The second-order valence-corrected chi connectivity index (χ2v) is 17.1. The van der Waals surface area contributed by atoms with Gasteiger partial charge in [0.25, 0.3) is 10.0 Å². The summed E-state index contributed by atoms with van der Waals surface area (Å²) >= 11 is 0. The van der Waals surface area contributed by atoms with Crippen LogP contribution in [0.15, 0.2) is 106 Å². The summed E-state index contributed by atoms with van der Waals surface area (Å²) < 4.78 is 29.3. The molecule has 36 heavy (non-hydrogen) atoms. The quantitative estimate of drug-likeness (QED) is 0.290. The van der Waals surface area contributed by atoms with Crippen LogP contribution in [0.4, 0.5) is 5.69 Å². The van der Waals surface area contributed by atoms with E-state index in [4.69, 9.17) is 0 Å². The first kappa shape index (κ1) is 28.4. The Morgan fingerprint density at radius 3 is 2.11 bits per heavy atom. The minimum absolute atomic E-state index is 0. The molecule has 2 aromatic carbocycles. The molecule has 3 aliphatic carbocycles. The first-order valence-corrected chi connectivity index (χ1v) is 17.0. The van der Waals surface area contributed by atoms with Crippen LogP contribution < -0.4 is 4.31 Å². The molecule has 2 radical (unpaired) electrons. The van der Waals surface area contributed by atoms with Crippen LogP contribution in [-0.4, -0.2) is 22.5 Å². The Hall–Kier alpha value is -2.13. The van der Waals surface area contributed by atoms with Crippen molar-refractivity contribution < 1.29 is 25.2 Å². The number of benzene rings is 2. The topological polar surface area (TPSA) is 37.4 Å². The Labute approximate surface area is 229 Å². The molecule has 1 saturated carbocycles. The van der Waals surface area contributed by atoms with Gasteiger partial charge in [0.15, 0.2) is 0 Å². The molecule has 0 spiro atoms. The van der Waals surface area contributed by atoms with E-state index in [-0.39, 0.29) is 36.2 Å². The Balaban J connectivity index is 0.000000463. The minimum Gasteiger partial charge on any atom is -0.358 e. The maximum atomic E-state index is 13.8. The van der Waals surface area contributed by atoms with Crippen molar-refractivity contribution in [2.24, 2.45) is 0 Å². The molecule has 0 N–H and O–H groups in total. The molecule has 0 bridgehead atoms. The molecule has 0 aromatic heterocycles. The van der Waals surface area contributed by atoms with Crippen LogP contribution in [0.5, 0.6) is 0 Å².